The maximum Gasteiger partial charge on any atom is 0.430 e. The van der Waals surface area contributed by atoms with Gasteiger partial charge >= 0.3 is 18.2 Å². The molecule has 0 rings (SSSR count). The Morgan fingerprint density at radius 2 is 1.38 bits per heavy atom. The van der Waals surface area contributed by atoms with Crippen LogP contribution in [-0.4, -0.2) is 52.4 Å². The van der Waals surface area contributed by atoms with Crippen molar-refractivity contribution in [1.82, 2.24) is 10.4 Å². The fourth-order valence-electron chi connectivity index (χ4n) is 1.61. The van der Waals surface area contributed by atoms with Crippen LogP contribution in [0.2, 0.25) is 0 Å². The Labute approximate surface area is 153 Å². The van der Waals surface area contributed by atoms with E-state index >= 15 is 0 Å². The fraction of sp³-hybridized carbons (Fsp3) is 0.750. The van der Waals surface area contributed by atoms with E-state index in [1.54, 1.807) is 41.5 Å². The van der Waals surface area contributed by atoms with Crippen LogP contribution in [0.1, 0.15) is 55.4 Å². The third-order valence-corrected chi connectivity index (χ3v) is 2.78. The summed E-state index contributed by atoms with van der Waals surface area (Å²) in [5.41, 5.74) is 3.16. The summed E-state index contributed by atoms with van der Waals surface area (Å²) >= 11 is 0. The maximum atomic E-state index is 12.5. The number of amides is 3. The minimum Gasteiger partial charge on any atom is -0.464 e. The van der Waals surface area contributed by atoms with Crippen molar-refractivity contribution in [2.45, 2.75) is 72.1 Å². The highest BCUT2D eigenvalue weighted by atomic mass is 16.6. The van der Waals surface area contributed by atoms with Crippen LogP contribution >= 0.6 is 0 Å². The summed E-state index contributed by atoms with van der Waals surface area (Å²) in [5.74, 6) is -2.35. The molecular weight excluding hydrogens is 346 g/mol. The van der Waals surface area contributed by atoms with Crippen molar-refractivity contribution >= 4 is 24.1 Å². The summed E-state index contributed by atoms with van der Waals surface area (Å²) < 4.78 is 15.0. The highest BCUT2D eigenvalue weighted by Gasteiger charge is 2.52. The third-order valence-electron chi connectivity index (χ3n) is 2.78. The quantitative estimate of drug-likeness (QED) is 0.328. The van der Waals surface area contributed by atoms with Crippen molar-refractivity contribution in [1.29, 1.82) is 0 Å². The highest BCUT2D eigenvalue weighted by Crippen LogP contribution is 2.20. The predicted molar refractivity (Wildman–Crippen MR) is 91.7 cm³/mol. The number of hydrogen-bond donors (Lipinski definition) is 2. The number of rotatable bonds is 4. The molecule has 26 heavy (non-hydrogen) atoms. The Morgan fingerprint density at radius 1 is 0.923 bits per heavy atom. The molecule has 0 spiro atoms. The molecule has 1 atom stereocenters. The third kappa shape index (κ3) is 6.77. The number of nitrogens with two attached hydrogens (primary N) is 1. The summed E-state index contributed by atoms with van der Waals surface area (Å²) in [5, 5.41) is 0.382. The van der Waals surface area contributed by atoms with Gasteiger partial charge in [-0.05, 0) is 55.4 Å². The molecule has 0 unspecified atom stereocenters. The molecule has 0 heterocycles. The molecular formula is C16H29N3O7. The molecule has 0 saturated carbocycles. The van der Waals surface area contributed by atoms with E-state index in [-0.39, 0.29) is 6.61 Å². The molecule has 0 aromatic carbocycles. The van der Waals surface area contributed by atoms with E-state index in [1.807, 2.05) is 0 Å². The van der Waals surface area contributed by atoms with Gasteiger partial charge in [0.1, 0.15) is 11.2 Å². The van der Waals surface area contributed by atoms with Gasteiger partial charge in [-0.1, -0.05) is 0 Å². The lowest BCUT2D eigenvalue weighted by Crippen LogP contribution is -2.68. The van der Waals surface area contributed by atoms with Crippen LogP contribution in [0.25, 0.3) is 0 Å². The Kier molecular flexibility index (Phi) is 7.44. The topological polar surface area (TPSA) is 137 Å². The first kappa shape index (κ1) is 23.5. The standard InChI is InChI=1S/C16H29N3O7/c1-9-24-11(21)16(8,10(17)20)19(13(23)26-15(5,6)7)18-12(22)25-14(2,3)4/h9H2,1-8H3,(H2,17,20)(H,18,22)/t16-/m1/s1. The van der Waals surface area contributed by atoms with Gasteiger partial charge in [-0.15, -0.1) is 0 Å². The minimum atomic E-state index is -2.35. The van der Waals surface area contributed by atoms with E-state index in [9.17, 15) is 19.2 Å². The molecule has 0 fully saturated rings. The van der Waals surface area contributed by atoms with Gasteiger partial charge < -0.3 is 19.9 Å². The van der Waals surface area contributed by atoms with Gasteiger partial charge in [-0.2, -0.15) is 5.01 Å². The van der Waals surface area contributed by atoms with Gasteiger partial charge in [0.05, 0.1) is 6.61 Å². The molecule has 0 aliphatic heterocycles. The molecule has 3 N–H and O–H groups in total. The first-order valence-corrected chi connectivity index (χ1v) is 8.04. The van der Waals surface area contributed by atoms with Crippen molar-refractivity contribution in [2.24, 2.45) is 5.73 Å². The summed E-state index contributed by atoms with van der Waals surface area (Å²) in [6.07, 6.45) is -2.27. The second kappa shape index (κ2) is 8.24. The second-order valence-corrected chi connectivity index (χ2v) is 7.59. The number of nitrogens with one attached hydrogen (secondary N) is 1. The molecule has 10 heteroatoms. The Balaban J connectivity index is 5.94. The number of esters is 1. The van der Waals surface area contributed by atoms with Crippen molar-refractivity contribution in [3.63, 3.8) is 0 Å². The predicted octanol–water partition coefficient (Wildman–Crippen LogP) is 1.47. The SMILES string of the molecule is CCOC(=O)[C@@](C)(C(N)=O)N(NC(=O)OC(C)(C)C)C(=O)OC(C)(C)C. The molecule has 0 saturated heterocycles. The average Bonchev–Trinajstić information content (AvgIpc) is 2.39. The number of hydrogen-bond acceptors (Lipinski definition) is 7. The van der Waals surface area contributed by atoms with Crippen LogP contribution in [0.15, 0.2) is 0 Å². The zero-order chi connectivity index (χ0) is 20.9. The first-order chi connectivity index (χ1) is 11.5. The normalized spacial score (nSPS) is 13.8. The van der Waals surface area contributed by atoms with E-state index in [1.165, 1.54) is 6.92 Å². The van der Waals surface area contributed by atoms with E-state index in [4.69, 9.17) is 19.9 Å². The highest BCUT2D eigenvalue weighted by molar-refractivity contribution is 6.08. The van der Waals surface area contributed by atoms with Crippen LogP contribution in [0.4, 0.5) is 9.59 Å². The van der Waals surface area contributed by atoms with Crippen molar-refractivity contribution < 1.29 is 33.4 Å². The molecule has 0 aromatic heterocycles. The summed E-state index contributed by atoms with van der Waals surface area (Å²) in [6, 6.07) is 0. The zero-order valence-electron chi connectivity index (χ0n) is 16.6. The van der Waals surface area contributed by atoms with Gasteiger partial charge in [0, 0.05) is 0 Å². The maximum absolute atomic E-state index is 12.5. The summed E-state index contributed by atoms with van der Waals surface area (Å²) in [6.45, 7) is 12.0. The molecule has 0 aliphatic carbocycles. The number of carbonyl (C=O) groups excluding carboxylic acids is 4. The van der Waals surface area contributed by atoms with E-state index < -0.39 is 40.8 Å². The van der Waals surface area contributed by atoms with Crippen molar-refractivity contribution in [3.8, 4) is 0 Å². The van der Waals surface area contributed by atoms with Gasteiger partial charge in [-0.3, -0.25) is 4.79 Å². The summed E-state index contributed by atoms with van der Waals surface area (Å²) in [7, 11) is 0. The van der Waals surface area contributed by atoms with Gasteiger partial charge in [0.15, 0.2) is 0 Å². The van der Waals surface area contributed by atoms with Crippen LogP contribution in [-0.2, 0) is 23.8 Å². The number of hydrazine groups is 1. The molecule has 10 nitrogen and oxygen atoms in total. The van der Waals surface area contributed by atoms with Crippen LogP contribution in [0, 0.1) is 0 Å². The van der Waals surface area contributed by atoms with Gasteiger partial charge in [0.25, 0.3) is 5.91 Å². The zero-order valence-corrected chi connectivity index (χ0v) is 16.6. The minimum absolute atomic E-state index is 0.0731. The van der Waals surface area contributed by atoms with Gasteiger partial charge in [-0.25, -0.2) is 19.8 Å². The molecule has 0 bridgehead atoms. The number of ether oxygens (including phenoxy) is 3. The molecule has 0 radical (unpaired) electrons. The van der Waals surface area contributed by atoms with E-state index in [0.717, 1.165) is 6.92 Å². The second-order valence-electron chi connectivity index (χ2n) is 7.59. The lowest BCUT2D eigenvalue weighted by molar-refractivity contribution is -0.163. The Morgan fingerprint density at radius 3 is 1.73 bits per heavy atom. The molecule has 0 aromatic rings. The van der Waals surface area contributed by atoms with Crippen molar-refractivity contribution in [3.05, 3.63) is 0 Å². The molecule has 150 valence electrons. The van der Waals surface area contributed by atoms with Crippen molar-refractivity contribution in [2.75, 3.05) is 6.61 Å². The fourth-order valence-corrected chi connectivity index (χ4v) is 1.61. The summed E-state index contributed by atoms with van der Waals surface area (Å²) in [4.78, 5) is 49.0. The van der Waals surface area contributed by atoms with E-state index in [2.05, 4.69) is 5.43 Å². The van der Waals surface area contributed by atoms with Crippen LogP contribution < -0.4 is 11.2 Å². The molecule has 0 aliphatic rings. The Bertz CT molecular complexity index is 563. The smallest absolute Gasteiger partial charge is 0.430 e. The molecule has 3 amide bonds. The largest absolute Gasteiger partial charge is 0.464 e. The lowest BCUT2D eigenvalue weighted by Gasteiger charge is -2.37. The van der Waals surface area contributed by atoms with Gasteiger partial charge in [0.2, 0.25) is 5.54 Å². The monoisotopic (exact) mass is 375 g/mol. The average molecular weight is 375 g/mol. The van der Waals surface area contributed by atoms with E-state index in [0.29, 0.717) is 5.01 Å². The number of carbonyl (C=O) groups is 4. The number of nitrogens with zero attached hydrogens (tertiary/aromatic N) is 1. The van der Waals surface area contributed by atoms with Crippen LogP contribution in [0.3, 0.4) is 0 Å². The number of primary amides is 1. The Hall–Kier alpha value is -2.52. The first-order valence-electron chi connectivity index (χ1n) is 8.04. The lowest BCUT2D eigenvalue weighted by atomic mass is 10.0. The van der Waals surface area contributed by atoms with Crippen LogP contribution in [0.5, 0.6) is 0 Å².